The van der Waals surface area contributed by atoms with E-state index < -0.39 is 0 Å². The van der Waals surface area contributed by atoms with Gasteiger partial charge in [-0.25, -0.2) is 0 Å². The maximum absolute atomic E-state index is 2.10. The fourth-order valence-corrected chi connectivity index (χ4v) is 0. The zero-order valence-corrected chi connectivity index (χ0v) is 4.72. The van der Waals surface area contributed by atoms with E-state index in [4.69, 9.17) is 0 Å². The fourth-order valence-electron chi connectivity index (χ4n) is 0. The zero-order chi connectivity index (χ0) is 4.28. The van der Waals surface area contributed by atoms with E-state index in [1.807, 2.05) is 0 Å². The van der Waals surface area contributed by atoms with Crippen LogP contribution in [0.3, 0.4) is 0 Å². The molecule has 0 nitrogen and oxygen atoms in total. The molecule has 0 aromatic heterocycles. The summed E-state index contributed by atoms with van der Waals surface area (Å²) >= 11 is 1.80. The van der Waals surface area contributed by atoms with Crippen molar-refractivity contribution in [3.05, 3.63) is 5.25 Å². The molecule has 0 bridgehead atoms. The lowest BCUT2D eigenvalue weighted by molar-refractivity contribution is 1.34. The first-order valence-electron chi connectivity index (χ1n) is 1.61. The molecule has 31 valence electrons. The van der Waals surface area contributed by atoms with Gasteiger partial charge in [0.15, 0.2) is 0 Å². The average molecular weight is 89.2 g/mol. The molecule has 0 spiro atoms. The highest BCUT2D eigenvalue weighted by atomic mass is 32.2. The first kappa shape index (κ1) is 5.35. The Hall–Kier alpha value is 0.350. The molecule has 0 aromatic rings. The van der Waals surface area contributed by atoms with E-state index in [0.29, 0.717) is 0 Å². The van der Waals surface area contributed by atoms with Crippen molar-refractivity contribution in [3.63, 3.8) is 0 Å². The monoisotopic (exact) mass is 89.0 g/mol. The molecule has 0 aliphatic rings. The zero-order valence-electron chi connectivity index (χ0n) is 3.91. The van der Waals surface area contributed by atoms with Crippen LogP contribution < -0.4 is 0 Å². The number of rotatable bonds is 1. The topological polar surface area (TPSA) is 0 Å². The molecule has 0 aliphatic carbocycles. The summed E-state index contributed by atoms with van der Waals surface area (Å²) in [6.07, 6.45) is 2.08. The maximum Gasteiger partial charge on any atom is 0.0242 e. The van der Waals surface area contributed by atoms with E-state index in [1.54, 1.807) is 11.8 Å². The van der Waals surface area contributed by atoms with Gasteiger partial charge in [-0.2, -0.15) is 11.8 Å². The van der Waals surface area contributed by atoms with Crippen LogP contribution in [0.4, 0.5) is 0 Å². The highest BCUT2D eigenvalue weighted by Gasteiger charge is 1.81. The Bertz CT molecular complexity index is 17.6. The van der Waals surface area contributed by atoms with Gasteiger partial charge in [0.2, 0.25) is 0 Å². The summed E-state index contributed by atoms with van der Waals surface area (Å²) in [6, 6.07) is 0. The highest BCUT2D eigenvalue weighted by molar-refractivity contribution is 8.01. The van der Waals surface area contributed by atoms with Gasteiger partial charge in [0, 0.05) is 5.25 Å². The van der Waals surface area contributed by atoms with Crippen molar-refractivity contribution in [2.45, 2.75) is 13.8 Å². The van der Waals surface area contributed by atoms with Crippen LogP contribution in [0.2, 0.25) is 0 Å². The Morgan fingerprint density at radius 2 is 1.60 bits per heavy atom. The highest BCUT2D eigenvalue weighted by Crippen LogP contribution is 2.10. The van der Waals surface area contributed by atoms with Gasteiger partial charge in [0.1, 0.15) is 0 Å². The summed E-state index contributed by atoms with van der Waals surface area (Å²) in [4.78, 5) is 0. The summed E-state index contributed by atoms with van der Waals surface area (Å²) in [5.41, 5.74) is 0. The average Bonchev–Trinajstić information content (AvgIpc) is 1.38. The maximum atomic E-state index is 2.10. The number of hydrogen-bond acceptors (Lipinski definition) is 1. The summed E-state index contributed by atoms with van der Waals surface area (Å²) in [6.45, 7) is 4.20. The fraction of sp³-hybridized carbons (Fsp3) is 0.750. The van der Waals surface area contributed by atoms with Crippen molar-refractivity contribution in [1.82, 2.24) is 0 Å². The normalized spacial score (nSPS) is 9.60. The molecule has 0 amide bonds. The predicted octanol–water partition coefficient (Wildman–Crippen LogP) is 1.92. The van der Waals surface area contributed by atoms with Gasteiger partial charge in [0.25, 0.3) is 0 Å². The number of hydrogen-bond donors (Lipinski definition) is 0. The Labute approximate surface area is 38.0 Å². The molecule has 5 heavy (non-hydrogen) atoms. The Morgan fingerprint density at radius 1 is 1.40 bits per heavy atom. The van der Waals surface area contributed by atoms with Gasteiger partial charge < -0.3 is 0 Å². The SMILES string of the molecule is CS[C](C)C. The predicted molar refractivity (Wildman–Crippen MR) is 28.1 cm³/mol. The second-order valence-electron chi connectivity index (χ2n) is 1.11. The van der Waals surface area contributed by atoms with Crippen molar-refractivity contribution in [2.75, 3.05) is 6.26 Å². The standard InChI is InChI=1S/C4H9S/c1-4(2)5-3/h1-3H3. The Morgan fingerprint density at radius 3 is 1.60 bits per heavy atom. The first-order chi connectivity index (χ1) is 2.27. The largest absolute Gasteiger partial charge is 0.158 e. The molecule has 1 heteroatoms. The smallest absolute Gasteiger partial charge is 0.0242 e. The molecule has 0 fully saturated rings. The van der Waals surface area contributed by atoms with Gasteiger partial charge in [-0.15, -0.1) is 0 Å². The third-order valence-corrected chi connectivity index (χ3v) is 1.22. The van der Waals surface area contributed by atoms with Crippen molar-refractivity contribution in [1.29, 1.82) is 0 Å². The molecule has 0 rings (SSSR count). The lowest BCUT2D eigenvalue weighted by Gasteiger charge is -1.89. The summed E-state index contributed by atoms with van der Waals surface area (Å²) in [7, 11) is 0. The van der Waals surface area contributed by atoms with Crippen LogP contribution in [0.25, 0.3) is 0 Å². The molecule has 1 radical (unpaired) electrons. The summed E-state index contributed by atoms with van der Waals surface area (Å²) in [5, 5.41) is 1.42. The number of thioether (sulfide) groups is 1. The molecule has 0 aromatic carbocycles. The van der Waals surface area contributed by atoms with E-state index >= 15 is 0 Å². The van der Waals surface area contributed by atoms with Crippen molar-refractivity contribution in [3.8, 4) is 0 Å². The van der Waals surface area contributed by atoms with Crippen LogP contribution in [0.5, 0.6) is 0 Å². The van der Waals surface area contributed by atoms with Gasteiger partial charge in [0.05, 0.1) is 0 Å². The minimum Gasteiger partial charge on any atom is -0.158 e. The van der Waals surface area contributed by atoms with E-state index in [2.05, 4.69) is 20.1 Å². The summed E-state index contributed by atoms with van der Waals surface area (Å²) < 4.78 is 0. The van der Waals surface area contributed by atoms with Gasteiger partial charge in [-0.05, 0) is 20.1 Å². The van der Waals surface area contributed by atoms with Crippen LogP contribution in [-0.2, 0) is 0 Å². The lowest BCUT2D eigenvalue weighted by Crippen LogP contribution is -1.65. The van der Waals surface area contributed by atoms with E-state index in [0.717, 1.165) is 0 Å². The molecular formula is C4H9S. The quantitative estimate of drug-likeness (QED) is 0.473. The van der Waals surface area contributed by atoms with Crippen LogP contribution in [0.1, 0.15) is 13.8 Å². The third kappa shape index (κ3) is 4.35. The van der Waals surface area contributed by atoms with Crippen LogP contribution in [-0.4, -0.2) is 6.26 Å². The lowest BCUT2D eigenvalue weighted by atomic mass is 10.6. The van der Waals surface area contributed by atoms with E-state index in [9.17, 15) is 0 Å². The van der Waals surface area contributed by atoms with E-state index in [1.165, 1.54) is 5.25 Å². The molecule has 0 atom stereocenters. The Kier molecular flexibility index (Phi) is 2.76. The van der Waals surface area contributed by atoms with Crippen molar-refractivity contribution >= 4 is 11.8 Å². The summed E-state index contributed by atoms with van der Waals surface area (Å²) in [5.74, 6) is 0. The van der Waals surface area contributed by atoms with Gasteiger partial charge >= 0.3 is 0 Å². The van der Waals surface area contributed by atoms with Gasteiger partial charge in [-0.1, -0.05) is 0 Å². The molecular weight excluding hydrogens is 80.1 g/mol. The molecule has 0 saturated heterocycles. The molecule has 0 N–H and O–H groups in total. The molecule has 0 unspecified atom stereocenters. The minimum absolute atomic E-state index is 1.42. The van der Waals surface area contributed by atoms with Crippen LogP contribution in [0, 0.1) is 5.25 Å². The van der Waals surface area contributed by atoms with Crippen molar-refractivity contribution in [2.24, 2.45) is 0 Å². The van der Waals surface area contributed by atoms with Crippen molar-refractivity contribution < 1.29 is 0 Å². The third-order valence-electron chi connectivity index (χ3n) is 0.408. The van der Waals surface area contributed by atoms with Crippen LogP contribution >= 0.6 is 11.8 Å². The molecule has 0 heterocycles. The Balaban J connectivity index is 2.54. The first-order valence-corrected chi connectivity index (χ1v) is 2.84. The second kappa shape index (κ2) is 2.58. The molecule has 0 saturated carbocycles. The van der Waals surface area contributed by atoms with Gasteiger partial charge in [-0.3, -0.25) is 0 Å². The minimum atomic E-state index is 1.42. The molecule has 0 aliphatic heterocycles. The second-order valence-corrected chi connectivity index (χ2v) is 2.34. The van der Waals surface area contributed by atoms with Crippen LogP contribution in [0.15, 0.2) is 0 Å². The van der Waals surface area contributed by atoms with E-state index in [-0.39, 0.29) is 0 Å².